The fourth-order valence-electron chi connectivity index (χ4n) is 3.81. The van der Waals surface area contributed by atoms with Gasteiger partial charge in [-0.3, -0.25) is 9.78 Å². The molecule has 1 aliphatic rings. The molecule has 1 unspecified atom stereocenters. The minimum atomic E-state index is -0.325. The van der Waals surface area contributed by atoms with Crippen molar-refractivity contribution in [1.82, 2.24) is 20.4 Å². The zero-order valence-electron chi connectivity index (χ0n) is 17.0. The minimum absolute atomic E-state index is 0. The van der Waals surface area contributed by atoms with Crippen LogP contribution in [-0.4, -0.2) is 27.6 Å². The van der Waals surface area contributed by atoms with E-state index in [-0.39, 0.29) is 48.1 Å². The molecule has 2 aromatic heterocycles. The summed E-state index contributed by atoms with van der Waals surface area (Å²) in [5.41, 5.74) is 6.74. The largest absolute Gasteiger partial charge is 0.344 e. The van der Waals surface area contributed by atoms with Gasteiger partial charge in [0.1, 0.15) is 6.04 Å². The highest BCUT2D eigenvalue weighted by Gasteiger charge is 2.34. The van der Waals surface area contributed by atoms with E-state index in [0.29, 0.717) is 24.7 Å². The molecule has 1 atom stereocenters. The van der Waals surface area contributed by atoms with E-state index in [1.165, 1.54) is 6.42 Å². The average Bonchev–Trinajstić information content (AvgIpc) is 3.17. The first-order valence-electron chi connectivity index (χ1n) is 9.76. The van der Waals surface area contributed by atoms with Gasteiger partial charge in [-0.05, 0) is 42.9 Å². The smallest absolute Gasteiger partial charge is 0.249 e. The molecule has 3 N–H and O–H groups in total. The Hall–Kier alpha value is -1.70. The highest BCUT2D eigenvalue weighted by molar-refractivity contribution is 5.85. The molecule has 0 spiro atoms. The van der Waals surface area contributed by atoms with Crippen molar-refractivity contribution in [2.45, 2.75) is 58.4 Å². The van der Waals surface area contributed by atoms with Gasteiger partial charge in [-0.1, -0.05) is 38.3 Å². The Labute approximate surface area is 184 Å². The number of carbonyl (C=O) groups is 1. The van der Waals surface area contributed by atoms with E-state index < -0.39 is 0 Å². The maximum absolute atomic E-state index is 12.8. The van der Waals surface area contributed by atoms with Crippen LogP contribution in [0.5, 0.6) is 0 Å². The van der Waals surface area contributed by atoms with E-state index >= 15 is 0 Å². The fraction of sp³-hybridized carbons (Fsp3) is 0.600. The van der Waals surface area contributed by atoms with Crippen molar-refractivity contribution >= 4 is 30.7 Å². The lowest BCUT2D eigenvalue weighted by Gasteiger charge is -2.36. The van der Waals surface area contributed by atoms with E-state index in [4.69, 9.17) is 10.3 Å². The van der Waals surface area contributed by atoms with Crippen molar-refractivity contribution in [3.8, 4) is 11.4 Å². The molecule has 0 radical (unpaired) electrons. The molecule has 3 rings (SSSR count). The van der Waals surface area contributed by atoms with Crippen LogP contribution in [-0.2, 0) is 4.79 Å². The van der Waals surface area contributed by atoms with Crippen LogP contribution in [0.4, 0.5) is 0 Å². The Kier molecular flexibility index (Phi) is 10.0. The monoisotopic (exact) mass is 443 g/mol. The number of amides is 1. The highest BCUT2D eigenvalue weighted by atomic mass is 35.5. The second kappa shape index (κ2) is 11.5. The predicted molar refractivity (Wildman–Crippen MR) is 117 cm³/mol. The Bertz CT molecular complexity index is 748. The molecule has 1 aliphatic carbocycles. The summed E-state index contributed by atoms with van der Waals surface area (Å²) in [4.78, 5) is 21.3. The Morgan fingerprint density at radius 2 is 2.00 bits per heavy atom. The first-order chi connectivity index (χ1) is 13.0. The van der Waals surface area contributed by atoms with Crippen molar-refractivity contribution in [2.24, 2.45) is 17.1 Å². The second-order valence-corrected chi connectivity index (χ2v) is 7.93. The van der Waals surface area contributed by atoms with Gasteiger partial charge in [0, 0.05) is 24.4 Å². The van der Waals surface area contributed by atoms with Gasteiger partial charge in [0.25, 0.3) is 0 Å². The summed E-state index contributed by atoms with van der Waals surface area (Å²) < 4.78 is 5.46. The third-order valence-electron chi connectivity index (χ3n) is 5.49. The number of nitrogens with two attached hydrogens (primary N) is 1. The first-order valence-corrected chi connectivity index (χ1v) is 9.76. The van der Waals surface area contributed by atoms with Crippen LogP contribution >= 0.6 is 24.8 Å². The predicted octanol–water partition coefficient (Wildman–Crippen LogP) is 4.09. The molecule has 1 saturated carbocycles. The Morgan fingerprint density at radius 3 is 2.59 bits per heavy atom. The minimum Gasteiger partial charge on any atom is -0.344 e. The van der Waals surface area contributed by atoms with Crippen LogP contribution in [0.25, 0.3) is 11.4 Å². The van der Waals surface area contributed by atoms with Gasteiger partial charge >= 0.3 is 0 Å². The average molecular weight is 444 g/mol. The number of nitrogens with zero attached hydrogens (tertiary/aromatic N) is 3. The molecule has 7 nitrogen and oxygen atoms in total. The number of hydrogen-bond acceptors (Lipinski definition) is 6. The van der Waals surface area contributed by atoms with Gasteiger partial charge in [0.2, 0.25) is 17.6 Å². The number of pyridine rings is 1. The third-order valence-corrected chi connectivity index (χ3v) is 5.49. The van der Waals surface area contributed by atoms with Crippen LogP contribution in [0.15, 0.2) is 29.0 Å². The summed E-state index contributed by atoms with van der Waals surface area (Å²) in [6, 6.07) is 3.37. The van der Waals surface area contributed by atoms with Crippen LogP contribution < -0.4 is 11.1 Å². The van der Waals surface area contributed by atoms with Crippen molar-refractivity contribution < 1.29 is 9.32 Å². The summed E-state index contributed by atoms with van der Waals surface area (Å²) in [5.74, 6) is 1.02. The number of aromatic nitrogens is 3. The lowest BCUT2D eigenvalue weighted by Crippen LogP contribution is -2.40. The van der Waals surface area contributed by atoms with Crippen LogP contribution in [0.1, 0.15) is 64.3 Å². The van der Waals surface area contributed by atoms with Gasteiger partial charge in [-0.25, -0.2) is 0 Å². The van der Waals surface area contributed by atoms with E-state index in [2.05, 4.69) is 20.4 Å². The van der Waals surface area contributed by atoms with Gasteiger partial charge in [0.05, 0.1) is 0 Å². The quantitative estimate of drug-likeness (QED) is 0.666. The van der Waals surface area contributed by atoms with Gasteiger partial charge in [0.15, 0.2) is 0 Å². The number of rotatable bonds is 7. The molecule has 0 bridgehead atoms. The third kappa shape index (κ3) is 6.39. The summed E-state index contributed by atoms with van der Waals surface area (Å²) in [5, 5.41) is 7.14. The molecule has 0 aromatic carbocycles. The SMILES string of the molecule is CC(C)C(NC(=O)CC1(CN)CCCCC1)c1nc(-c2cccnc2)no1.Cl.Cl. The lowest BCUT2D eigenvalue weighted by molar-refractivity contribution is -0.125. The first kappa shape index (κ1) is 25.3. The van der Waals surface area contributed by atoms with E-state index in [9.17, 15) is 4.79 Å². The van der Waals surface area contributed by atoms with Crippen LogP contribution in [0, 0.1) is 11.3 Å². The molecular weight excluding hydrogens is 413 g/mol. The van der Waals surface area contributed by atoms with E-state index in [1.807, 2.05) is 26.0 Å². The summed E-state index contributed by atoms with van der Waals surface area (Å²) in [7, 11) is 0. The molecule has 29 heavy (non-hydrogen) atoms. The standard InChI is InChI=1S/C20H29N5O2.2ClH/c1-14(2)17(19-24-18(25-27-19)15-7-6-10-22-12-15)23-16(26)11-20(13-21)8-4-3-5-9-20;;/h6-7,10,12,14,17H,3-5,8-9,11,13,21H2,1-2H3,(H,23,26);2*1H. The maximum atomic E-state index is 12.8. The van der Waals surface area contributed by atoms with Crippen molar-refractivity contribution in [2.75, 3.05) is 6.54 Å². The van der Waals surface area contributed by atoms with Crippen LogP contribution in [0.2, 0.25) is 0 Å². The number of nitrogens with one attached hydrogen (secondary N) is 1. The maximum Gasteiger partial charge on any atom is 0.249 e. The second-order valence-electron chi connectivity index (χ2n) is 7.93. The normalized spacial score (nSPS) is 16.4. The molecule has 0 aliphatic heterocycles. The molecule has 162 valence electrons. The molecule has 2 aromatic rings. The van der Waals surface area contributed by atoms with Gasteiger partial charge in [-0.2, -0.15) is 4.98 Å². The molecule has 9 heteroatoms. The number of hydrogen-bond donors (Lipinski definition) is 2. The molecular formula is C20H31Cl2N5O2. The molecule has 1 fully saturated rings. The fourth-order valence-corrected chi connectivity index (χ4v) is 3.81. The van der Waals surface area contributed by atoms with Gasteiger partial charge in [-0.15, -0.1) is 24.8 Å². The van der Waals surface area contributed by atoms with E-state index in [0.717, 1.165) is 31.2 Å². The van der Waals surface area contributed by atoms with Gasteiger partial charge < -0.3 is 15.6 Å². The van der Waals surface area contributed by atoms with Crippen molar-refractivity contribution in [1.29, 1.82) is 0 Å². The van der Waals surface area contributed by atoms with Crippen molar-refractivity contribution in [3.63, 3.8) is 0 Å². The Balaban J connectivity index is 0.00000210. The molecule has 2 heterocycles. The number of carbonyl (C=O) groups excluding carboxylic acids is 1. The van der Waals surface area contributed by atoms with E-state index in [1.54, 1.807) is 12.4 Å². The molecule has 0 saturated heterocycles. The van der Waals surface area contributed by atoms with Crippen LogP contribution in [0.3, 0.4) is 0 Å². The summed E-state index contributed by atoms with van der Waals surface area (Å²) >= 11 is 0. The molecule has 1 amide bonds. The highest BCUT2D eigenvalue weighted by Crippen LogP contribution is 2.38. The zero-order chi connectivity index (χ0) is 19.3. The summed E-state index contributed by atoms with van der Waals surface area (Å²) in [6.07, 6.45) is 9.41. The lowest BCUT2D eigenvalue weighted by atomic mass is 9.71. The summed E-state index contributed by atoms with van der Waals surface area (Å²) in [6.45, 7) is 4.61. The Morgan fingerprint density at radius 1 is 1.28 bits per heavy atom. The number of halogens is 2. The van der Waals surface area contributed by atoms with Crippen molar-refractivity contribution in [3.05, 3.63) is 30.4 Å². The zero-order valence-corrected chi connectivity index (χ0v) is 18.6. The topological polar surface area (TPSA) is 107 Å².